The molecule has 2 atom stereocenters. The highest BCUT2D eigenvalue weighted by molar-refractivity contribution is 5.61. The molecule has 138 valence electrons. The Kier molecular flexibility index (Phi) is 8.58. The van der Waals surface area contributed by atoms with E-state index in [9.17, 15) is 9.59 Å². The topological polar surface area (TPSA) is 71.1 Å². The molecule has 0 aromatic heterocycles. The second kappa shape index (κ2) is 9.35. The number of carbonyl (C=O) groups is 2. The lowest BCUT2D eigenvalue weighted by atomic mass is 10.1. The number of hydrogen-bond acceptors (Lipinski definition) is 6. The highest BCUT2D eigenvalue weighted by Gasteiger charge is 2.25. The van der Waals surface area contributed by atoms with Crippen molar-refractivity contribution in [2.75, 3.05) is 0 Å². The van der Waals surface area contributed by atoms with Gasteiger partial charge < -0.3 is 18.9 Å². The molecule has 0 aliphatic heterocycles. The van der Waals surface area contributed by atoms with E-state index < -0.39 is 35.7 Å². The van der Waals surface area contributed by atoms with Crippen molar-refractivity contribution < 1.29 is 28.5 Å². The van der Waals surface area contributed by atoms with Crippen LogP contribution in [0.3, 0.4) is 0 Å². The standard InChI is InChI=1S/C18H30O6/c1-9-11-14(22-16(20)24-18(6,7)8)12-13(10-2)21-15(19)23-17(3,4)5/h9-11,13-14H,2,12H2,1,3-8H3/b11-9-. The third-order valence-electron chi connectivity index (χ3n) is 2.41. The molecule has 6 nitrogen and oxygen atoms in total. The number of ether oxygens (including phenoxy) is 4. The van der Waals surface area contributed by atoms with Crippen molar-refractivity contribution in [1.29, 1.82) is 0 Å². The Morgan fingerprint density at radius 1 is 0.917 bits per heavy atom. The highest BCUT2D eigenvalue weighted by Crippen LogP contribution is 2.16. The van der Waals surface area contributed by atoms with Gasteiger partial charge in [0.1, 0.15) is 23.4 Å². The van der Waals surface area contributed by atoms with Gasteiger partial charge in [-0.3, -0.25) is 0 Å². The van der Waals surface area contributed by atoms with Gasteiger partial charge in [0.15, 0.2) is 0 Å². The summed E-state index contributed by atoms with van der Waals surface area (Å²) in [6, 6.07) is 0. The van der Waals surface area contributed by atoms with Crippen LogP contribution in [0.5, 0.6) is 0 Å². The lowest BCUT2D eigenvalue weighted by Gasteiger charge is -2.24. The maximum atomic E-state index is 11.8. The van der Waals surface area contributed by atoms with Gasteiger partial charge in [-0.2, -0.15) is 0 Å². The summed E-state index contributed by atoms with van der Waals surface area (Å²) in [6.45, 7) is 15.9. The van der Waals surface area contributed by atoms with Crippen LogP contribution in [-0.2, 0) is 18.9 Å². The fourth-order valence-corrected chi connectivity index (χ4v) is 1.60. The quantitative estimate of drug-likeness (QED) is 0.511. The molecule has 2 unspecified atom stereocenters. The first kappa shape index (κ1) is 22.0. The fourth-order valence-electron chi connectivity index (χ4n) is 1.60. The van der Waals surface area contributed by atoms with Crippen LogP contribution in [0.1, 0.15) is 54.9 Å². The molecule has 0 amide bonds. The van der Waals surface area contributed by atoms with E-state index in [1.807, 2.05) is 0 Å². The number of allylic oxidation sites excluding steroid dienone is 1. The smallest absolute Gasteiger partial charge is 0.429 e. The summed E-state index contributed by atoms with van der Waals surface area (Å²) in [6.07, 6.45) is 2.22. The van der Waals surface area contributed by atoms with Crippen molar-refractivity contribution in [1.82, 2.24) is 0 Å². The van der Waals surface area contributed by atoms with Gasteiger partial charge in [0.05, 0.1) is 0 Å². The van der Waals surface area contributed by atoms with Crippen LogP contribution in [0.25, 0.3) is 0 Å². The lowest BCUT2D eigenvalue weighted by molar-refractivity contribution is -0.0372. The van der Waals surface area contributed by atoms with Gasteiger partial charge in [0.2, 0.25) is 0 Å². The molecule has 0 radical (unpaired) electrons. The zero-order chi connectivity index (χ0) is 19.0. The molecule has 0 aromatic rings. The van der Waals surface area contributed by atoms with Crippen LogP contribution >= 0.6 is 0 Å². The van der Waals surface area contributed by atoms with Crippen LogP contribution in [0.2, 0.25) is 0 Å². The van der Waals surface area contributed by atoms with Gasteiger partial charge in [-0.1, -0.05) is 18.7 Å². The summed E-state index contributed by atoms with van der Waals surface area (Å²) < 4.78 is 20.7. The molecule has 0 bridgehead atoms. The Morgan fingerprint density at radius 2 is 1.33 bits per heavy atom. The number of hydrogen-bond donors (Lipinski definition) is 0. The molecule has 0 aliphatic rings. The fraction of sp³-hybridized carbons (Fsp3) is 0.667. The SMILES string of the molecule is C=CC(CC(/C=C\C)OC(=O)OC(C)(C)C)OC(=O)OC(C)(C)C. The Hall–Kier alpha value is -1.98. The van der Waals surface area contributed by atoms with E-state index in [1.54, 1.807) is 60.6 Å². The monoisotopic (exact) mass is 342 g/mol. The molecule has 0 aromatic carbocycles. The van der Waals surface area contributed by atoms with Gasteiger partial charge in [-0.15, -0.1) is 0 Å². The van der Waals surface area contributed by atoms with Crippen molar-refractivity contribution in [2.45, 2.75) is 78.3 Å². The van der Waals surface area contributed by atoms with Crippen LogP contribution in [0.4, 0.5) is 9.59 Å². The first-order chi connectivity index (χ1) is 10.9. The normalized spacial score (nSPS) is 14.6. The average molecular weight is 342 g/mol. The molecule has 0 rings (SSSR count). The van der Waals surface area contributed by atoms with Crippen LogP contribution in [-0.4, -0.2) is 35.7 Å². The van der Waals surface area contributed by atoms with E-state index in [0.29, 0.717) is 0 Å². The molecule has 0 saturated carbocycles. The minimum absolute atomic E-state index is 0.215. The van der Waals surface area contributed by atoms with Gasteiger partial charge in [-0.25, -0.2) is 9.59 Å². The Bertz CT molecular complexity index is 453. The molecule has 0 N–H and O–H groups in total. The number of rotatable bonds is 6. The zero-order valence-electron chi connectivity index (χ0n) is 15.8. The summed E-state index contributed by atoms with van der Waals surface area (Å²) in [5.41, 5.74) is -1.30. The maximum absolute atomic E-state index is 11.8. The largest absolute Gasteiger partial charge is 0.509 e. The summed E-state index contributed by atoms with van der Waals surface area (Å²) in [4.78, 5) is 23.5. The first-order valence-corrected chi connectivity index (χ1v) is 7.91. The lowest BCUT2D eigenvalue weighted by Crippen LogP contribution is -2.31. The molecule has 0 spiro atoms. The molecule has 0 saturated heterocycles. The van der Waals surface area contributed by atoms with Crippen LogP contribution < -0.4 is 0 Å². The third-order valence-corrected chi connectivity index (χ3v) is 2.41. The molecule has 0 fully saturated rings. The second-order valence-corrected chi connectivity index (χ2v) is 7.24. The van der Waals surface area contributed by atoms with Crippen molar-refractivity contribution >= 4 is 12.3 Å². The van der Waals surface area contributed by atoms with E-state index in [1.165, 1.54) is 6.08 Å². The number of carbonyl (C=O) groups excluding carboxylic acids is 2. The van der Waals surface area contributed by atoms with Crippen LogP contribution in [0, 0.1) is 0 Å². The molecular weight excluding hydrogens is 312 g/mol. The Morgan fingerprint density at radius 3 is 1.67 bits per heavy atom. The van der Waals surface area contributed by atoms with Gasteiger partial charge in [-0.05, 0) is 54.5 Å². The van der Waals surface area contributed by atoms with Gasteiger partial charge >= 0.3 is 12.3 Å². The average Bonchev–Trinajstić information content (AvgIpc) is 2.33. The van der Waals surface area contributed by atoms with Gasteiger partial charge in [0.25, 0.3) is 0 Å². The highest BCUT2D eigenvalue weighted by atomic mass is 16.7. The van der Waals surface area contributed by atoms with Crippen molar-refractivity contribution in [3.63, 3.8) is 0 Å². The Labute approximate surface area is 144 Å². The van der Waals surface area contributed by atoms with Gasteiger partial charge in [0, 0.05) is 6.42 Å². The Balaban J connectivity index is 4.74. The van der Waals surface area contributed by atoms with Crippen molar-refractivity contribution in [3.8, 4) is 0 Å². The summed E-state index contributed by atoms with van der Waals surface area (Å²) >= 11 is 0. The molecular formula is C18H30O6. The van der Waals surface area contributed by atoms with Crippen molar-refractivity contribution in [2.24, 2.45) is 0 Å². The van der Waals surface area contributed by atoms with E-state index >= 15 is 0 Å². The first-order valence-electron chi connectivity index (χ1n) is 7.91. The van der Waals surface area contributed by atoms with E-state index in [0.717, 1.165) is 0 Å². The molecule has 24 heavy (non-hydrogen) atoms. The second-order valence-electron chi connectivity index (χ2n) is 7.24. The van der Waals surface area contributed by atoms with Crippen LogP contribution in [0.15, 0.2) is 24.8 Å². The zero-order valence-corrected chi connectivity index (χ0v) is 15.8. The minimum atomic E-state index is -0.802. The van der Waals surface area contributed by atoms with Crippen molar-refractivity contribution in [3.05, 3.63) is 24.8 Å². The summed E-state index contributed by atoms with van der Waals surface area (Å²) in [5, 5.41) is 0. The molecule has 6 heteroatoms. The van der Waals surface area contributed by atoms with E-state index in [4.69, 9.17) is 18.9 Å². The van der Waals surface area contributed by atoms with E-state index in [-0.39, 0.29) is 6.42 Å². The predicted molar refractivity (Wildman–Crippen MR) is 91.8 cm³/mol. The molecule has 0 aliphatic carbocycles. The minimum Gasteiger partial charge on any atom is -0.429 e. The summed E-state index contributed by atoms with van der Waals surface area (Å²) in [5.74, 6) is 0. The maximum Gasteiger partial charge on any atom is 0.509 e. The summed E-state index contributed by atoms with van der Waals surface area (Å²) in [7, 11) is 0. The van der Waals surface area contributed by atoms with E-state index in [2.05, 4.69) is 6.58 Å². The molecule has 0 heterocycles. The predicted octanol–water partition coefficient (Wildman–Crippen LogP) is 4.78. The third kappa shape index (κ3) is 11.6.